The highest BCUT2D eigenvalue weighted by Crippen LogP contribution is 2.21. The number of carbonyl (C=O) groups is 1. The van der Waals surface area contributed by atoms with Crippen LogP contribution in [-0.2, 0) is 0 Å². The van der Waals surface area contributed by atoms with E-state index in [0.29, 0.717) is 5.69 Å². The van der Waals surface area contributed by atoms with Gasteiger partial charge in [-0.25, -0.2) is 0 Å². The van der Waals surface area contributed by atoms with Gasteiger partial charge in [-0.1, -0.05) is 0 Å². The zero-order valence-electron chi connectivity index (χ0n) is 7.25. The Kier molecular flexibility index (Phi) is 2.95. The van der Waals surface area contributed by atoms with Crippen LogP contribution >= 0.6 is 11.6 Å². The minimum absolute atomic E-state index is 0.132. The van der Waals surface area contributed by atoms with Crippen molar-refractivity contribution in [3.63, 3.8) is 0 Å². The van der Waals surface area contributed by atoms with Crippen LogP contribution in [0.5, 0.6) is 0 Å². The Morgan fingerprint density at radius 3 is 2.64 bits per heavy atom. The summed E-state index contributed by atoms with van der Waals surface area (Å²) in [6.45, 7) is 0. The van der Waals surface area contributed by atoms with Crippen LogP contribution in [-0.4, -0.2) is 11.7 Å². The predicted octanol–water partition coefficient (Wildman–Crippen LogP) is 1.14. The fourth-order valence-corrected chi connectivity index (χ4v) is 1.21. The van der Waals surface area contributed by atoms with Crippen LogP contribution in [0.3, 0.4) is 0 Å². The van der Waals surface area contributed by atoms with Crippen molar-refractivity contribution in [2.75, 3.05) is 17.3 Å². The van der Waals surface area contributed by atoms with Gasteiger partial charge >= 0.3 is 0 Å². The van der Waals surface area contributed by atoms with Crippen molar-refractivity contribution in [1.82, 2.24) is 0 Å². The van der Waals surface area contributed by atoms with Crippen molar-refractivity contribution in [2.45, 2.75) is 0 Å². The van der Waals surface area contributed by atoms with Gasteiger partial charge in [0.2, 0.25) is 0 Å². The molecule has 1 rings (SSSR count). The molecule has 0 spiro atoms. The number of alkyl halides is 1. The molecule has 0 radical (unpaired) electrons. The van der Waals surface area contributed by atoms with Crippen molar-refractivity contribution in [2.24, 2.45) is 0 Å². The Bertz CT molecular complexity index is 423. The number of ketones is 1. The molecule has 0 heterocycles. The standard InChI is InChI=1S/C9H8ClN3O/c10-3-8(14)7-2-6(12)1-5(4-11)9(7)13/h1-2H,3,12-13H2. The van der Waals surface area contributed by atoms with Gasteiger partial charge in [-0.15, -0.1) is 11.6 Å². The van der Waals surface area contributed by atoms with E-state index < -0.39 is 0 Å². The average molecular weight is 210 g/mol. The highest BCUT2D eigenvalue weighted by atomic mass is 35.5. The molecular formula is C9H8ClN3O. The van der Waals surface area contributed by atoms with Crippen molar-refractivity contribution >= 4 is 28.8 Å². The quantitative estimate of drug-likeness (QED) is 0.434. The lowest BCUT2D eigenvalue weighted by molar-refractivity contribution is 0.102. The van der Waals surface area contributed by atoms with Gasteiger partial charge in [0, 0.05) is 11.3 Å². The smallest absolute Gasteiger partial charge is 0.179 e. The number of anilines is 2. The molecule has 4 N–H and O–H groups in total. The summed E-state index contributed by atoms with van der Waals surface area (Å²) >= 11 is 5.38. The van der Waals surface area contributed by atoms with Crippen molar-refractivity contribution in [3.8, 4) is 6.07 Å². The summed E-state index contributed by atoms with van der Waals surface area (Å²) in [7, 11) is 0. The first kappa shape index (κ1) is 10.4. The summed E-state index contributed by atoms with van der Waals surface area (Å²) in [4.78, 5) is 11.3. The molecule has 0 saturated heterocycles. The van der Waals surface area contributed by atoms with E-state index >= 15 is 0 Å². The zero-order chi connectivity index (χ0) is 10.7. The molecular weight excluding hydrogens is 202 g/mol. The third kappa shape index (κ3) is 1.78. The predicted molar refractivity (Wildman–Crippen MR) is 55.0 cm³/mol. The fraction of sp³-hybridized carbons (Fsp3) is 0.111. The molecule has 0 aliphatic rings. The first-order valence-corrected chi connectivity index (χ1v) is 4.32. The average Bonchev–Trinajstić information content (AvgIpc) is 2.19. The Balaban J connectivity index is 3.38. The molecule has 0 aromatic heterocycles. The molecule has 0 bridgehead atoms. The lowest BCUT2D eigenvalue weighted by atomic mass is 10.0. The minimum atomic E-state index is -0.340. The van der Waals surface area contributed by atoms with Gasteiger partial charge in [-0.2, -0.15) is 5.26 Å². The first-order valence-electron chi connectivity index (χ1n) is 3.78. The molecule has 0 amide bonds. The number of nitrogens with zero attached hydrogens (tertiary/aromatic N) is 1. The second-order valence-corrected chi connectivity index (χ2v) is 2.97. The van der Waals surface area contributed by atoms with Crippen LogP contribution in [0.1, 0.15) is 15.9 Å². The van der Waals surface area contributed by atoms with E-state index in [9.17, 15) is 4.79 Å². The molecule has 0 aliphatic carbocycles. The number of hydrogen-bond donors (Lipinski definition) is 2. The van der Waals surface area contributed by atoms with E-state index in [1.807, 2.05) is 6.07 Å². The van der Waals surface area contributed by atoms with Gasteiger partial charge in [0.15, 0.2) is 5.78 Å². The van der Waals surface area contributed by atoms with E-state index in [1.54, 1.807) is 0 Å². The van der Waals surface area contributed by atoms with Crippen molar-refractivity contribution < 1.29 is 4.79 Å². The topological polar surface area (TPSA) is 92.9 Å². The van der Waals surface area contributed by atoms with Crippen molar-refractivity contribution in [1.29, 1.82) is 5.26 Å². The maximum atomic E-state index is 11.3. The number of benzene rings is 1. The van der Waals surface area contributed by atoms with Gasteiger partial charge in [-0.05, 0) is 12.1 Å². The molecule has 14 heavy (non-hydrogen) atoms. The molecule has 72 valence electrons. The Morgan fingerprint density at radius 1 is 1.50 bits per heavy atom. The molecule has 0 saturated carbocycles. The third-order valence-electron chi connectivity index (χ3n) is 1.74. The number of nitrogens with two attached hydrogens (primary N) is 2. The number of Topliss-reactive ketones (excluding diaryl/α,β-unsaturated/α-hetero) is 1. The molecule has 5 heteroatoms. The highest BCUT2D eigenvalue weighted by Gasteiger charge is 2.12. The SMILES string of the molecule is N#Cc1cc(N)cc(C(=O)CCl)c1N. The summed E-state index contributed by atoms with van der Waals surface area (Å²) in [5.41, 5.74) is 11.9. The number of hydrogen-bond acceptors (Lipinski definition) is 4. The Labute approximate surface area is 86.1 Å². The Hall–Kier alpha value is -1.73. The van der Waals surface area contributed by atoms with E-state index in [4.69, 9.17) is 28.3 Å². The maximum Gasteiger partial charge on any atom is 0.179 e. The molecule has 0 unspecified atom stereocenters. The van der Waals surface area contributed by atoms with Gasteiger partial charge < -0.3 is 11.5 Å². The lowest BCUT2D eigenvalue weighted by Gasteiger charge is -2.05. The summed E-state index contributed by atoms with van der Waals surface area (Å²) in [6, 6.07) is 4.69. The molecule has 4 nitrogen and oxygen atoms in total. The van der Waals surface area contributed by atoms with Gasteiger partial charge in [0.25, 0.3) is 0 Å². The number of rotatable bonds is 2. The van der Waals surface area contributed by atoms with Gasteiger partial charge in [-0.3, -0.25) is 4.79 Å². The second-order valence-electron chi connectivity index (χ2n) is 2.70. The first-order chi connectivity index (χ1) is 6.60. The molecule has 0 fully saturated rings. The minimum Gasteiger partial charge on any atom is -0.399 e. The summed E-state index contributed by atoms with van der Waals surface area (Å²) in [6.07, 6.45) is 0. The largest absolute Gasteiger partial charge is 0.399 e. The zero-order valence-corrected chi connectivity index (χ0v) is 8.01. The lowest BCUT2D eigenvalue weighted by Crippen LogP contribution is -2.07. The molecule has 0 aliphatic heterocycles. The van der Waals surface area contributed by atoms with E-state index in [2.05, 4.69) is 0 Å². The van der Waals surface area contributed by atoms with Crippen LogP contribution in [0.15, 0.2) is 12.1 Å². The van der Waals surface area contributed by atoms with Crippen molar-refractivity contribution in [3.05, 3.63) is 23.3 Å². The molecule has 0 atom stereocenters. The summed E-state index contributed by atoms with van der Waals surface area (Å²) in [5, 5.41) is 8.69. The number of nitrogen functional groups attached to an aromatic ring is 2. The van der Waals surface area contributed by atoms with E-state index in [0.717, 1.165) is 0 Å². The molecule has 1 aromatic rings. The van der Waals surface area contributed by atoms with Gasteiger partial charge in [0.05, 0.1) is 17.1 Å². The number of carbonyl (C=O) groups excluding carboxylic acids is 1. The third-order valence-corrected chi connectivity index (χ3v) is 1.99. The van der Waals surface area contributed by atoms with Crippen LogP contribution in [0.4, 0.5) is 11.4 Å². The summed E-state index contributed by atoms with van der Waals surface area (Å²) < 4.78 is 0. The Morgan fingerprint density at radius 2 is 2.14 bits per heavy atom. The maximum absolute atomic E-state index is 11.3. The van der Waals surface area contributed by atoms with E-state index in [-0.39, 0.29) is 28.5 Å². The van der Waals surface area contributed by atoms with Gasteiger partial charge in [0.1, 0.15) is 6.07 Å². The fourth-order valence-electron chi connectivity index (χ4n) is 1.07. The van der Waals surface area contributed by atoms with Crippen LogP contribution < -0.4 is 11.5 Å². The van der Waals surface area contributed by atoms with E-state index in [1.165, 1.54) is 12.1 Å². The number of halogens is 1. The normalized spacial score (nSPS) is 9.43. The van der Waals surface area contributed by atoms with Crippen LogP contribution in [0.25, 0.3) is 0 Å². The summed E-state index contributed by atoms with van der Waals surface area (Å²) in [5.74, 6) is -0.522. The second kappa shape index (κ2) is 3.99. The van der Waals surface area contributed by atoms with Crippen LogP contribution in [0, 0.1) is 11.3 Å². The molecule has 1 aromatic carbocycles. The monoisotopic (exact) mass is 209 g/mol. The highest BCUT2D eigenvalue weighted by molar-refractivity contribution is 6.31. The van der Waals surface area contributed by atoms with Crippen LogP contribution in [0.2, 0.25) is 0 Å². The number of nitriles is 1.